The highest BCUT2D eigenvalue weighted by molar-refractivity contribution is 5.79. The summed E-state index contributed by atoms with van der Waals surface area (Å²) < 4.78 is 0. The number of amides is 1. The second-order valence-electron chi connectivity index (χ2n) is 6.99. The Morgan fingerprint density at radius 2 is 1.85 bits per heavy atom. The van der Waals surface area contributed by atoms with E-state index in [4.69, 9.17) is 5.11 Å². The van der Waals surface area contributed by atoms with Gasteiger partial charge in [0.25, 0.3) is 0 Å². The van der Waals surface area contributed by atoms with Crippen LogP contribution in [0, 0.1) is 23.7 Å². The molecule has 0 saturated heterocycles. The van der Waals surface area contributed by atoms with E-state index in [1.165, 1.54) is 32.1 Å². The molecule has 112 valence electrons. The predicted octanol–water partition coefficient (Wildman–Crippen LogP) is 2.65. The molecular weight excluding hydrogens is 250 g/mol. The molecule has 3 rings (SSSR count). The molecule has 0 aliphatic heterocycles. The molecule has 0 aromatic rings. The van der Waals surface area contributed by atoms with Crippen molar-refractivity contribution in [2.45, 2.75) is 57.4 Å². The second kappa shape index (κ2) is 6.30. The number of carbonyl (C=O) groups is 1. The Balaban J connectivity index is 1.49. The Bertz CT molecular complexity index is 379. The molecule has 5 atom stereocenters. The highest BCUT2D eigenvalue weighted by Crippen LogP contribution is 2.42. The average Bonchev–Trinajstić information content (AvgIpc) is 2.94. The Morgan fingerprint density at radius 1 is 1.05 bits per heavy atom. The van der Waals surface area contributed by atoms with E-state index in [0.717, 1.165) is 31.1 Å². The largest absolute Gasteiger partial charge is 0.396 e. The normalized spacial score (nSPS) is 40.4. The number of nitrogens with one attached hydrogen (secondary N) is 1. The summed E-state index contributed by atoms with van der Waals surface area (Å²) in [6.45, 7) is 0.191. The van der Waals surface area contributed by atoms with Crippen LogP contribution in [0.3, 0.4) is 0 Å². The molecule has 3 unspecified atom stereocenters. The molecular formula is C17H27NO2. The van der Waals surface area contributed by atoms with E-state index in [2.05, 4.69) is 5.32 Å². The molecule has 3 aliphatic carbocycles. The van der Waals surface area contributed by atoms with Crippen LogP contribution in [-0.4, -0.2) is 23.7 Å². The van der Waals surface area contributed by atoms with Crippen LogP contribution in [0.5, 0.6) is 0 Å². The van der Waals surface area contributed by atoms with Crippen molar-refractivity contribution < 1.29 is 9.90 Å². The molecule has 0 aromatic carbocycles. The first-order valence-electron chi connectivity index (χ1n) is 8.36. The molecule has 3 aliphatic rings. The summed E-state index contributed by atoms with van der Waals surface area (Å²) in [6, 6.07) is 0.142. The summed E-state index contributed by atoms with van der Waals surface area (Å²) in [4.78, 5) is 12.4. The van der Waals surface area contributed by atoms with E-state index in [-0.39, 0.29) is 30.4 Å². The minimum Gasteiger partial charge on any atom is -0.396 e. The first kappa shape index (κ1) is 14.1. The lowest BCUT2D eigenvalue weighted by Crippen LogP contribution is -2.41. The molecule has 2 saturated carbocycles. The van der Waals surface area contributed by atoms with Gasteiger partial charge in [-0.05, 0) is 37.5 Å². The summed E-state index contributed by atoms with van der Waals surface area (Å²) in [5.74, 6) is 2.42. The van der Waals surface area contributed by atoms with Gasteiger partial charge in [0, 0.05) is 24.5 Å². The van der Waals surface area contributed by atoms with Crippen molar-refractivity contribution in [1.29, 1.82) is 0 Å². The molecule has 0 bridgehead atoms. The summed E-state index contributed by atoms with van der Waals surface area (Å²) in [5, 5.41) is 12.3. The van der Waals surface area contributed by atoms with Crippen molar-refractivity contribution in [1.82, 2.24) is 5.32 Å². The van der Waals surface area contributed by atoms with Crippen molar-refractivity contribution in [2.24, 2.45) is 23.7 Å². The van der Waals surface area contributed by atoms with Crippen molar-refractivity contribution in [3.63, 3.8) is 0 Å². The summed E-state index contributed by atoms with van der Waals surface area (Å²) >= 11 is 0. The lowest BCUT2D eigenvalue weighted by molar-refractivity contribution is -0.127. The van der Waals surface area contributed by atoms with Gasteiger partial charge < -0.3 is 10.4 Å². The molecule has 1 amide bonds. The number of aliphatic hydroxyl groups is 1. The molecule has 0 heterocycles. The third-order valence-corrected chi connectivity index (χ3v) is 5.64. The van der Waals surface area contributed by atoms with Crippen LogP contribution in [0.4, 0.5) is 0 Å². The smallest absolute Gasteiger partial charge is 0.223 e. The first-order valence-corrected chi connectivity index (χ1v) is 8.36. The van der Waals surface area contributed by atoms with Crippen LogP contribution in [0.1, 0.15) is 51.4 Å². The predicted molar refractivity (Wildman–Crippen MR) is 79.1 cm³/mol. The number of carbonyl (C=O) groups excluding carboxylic acids is 1. The minimum absolute atomic E-state index is 0.142. The minimum atomic E-state index is 0.142. The fourth-order valence-corrected chi connectivity index (χ4v) is 4.43. The Hall–Kier alpha value is -0.830. The van der Waals surface area contributed by atoms with E-state index < -0.39 is 0 Å². The highest BCUT2D eigenvalue weighted by Gasteiger charge is 2.35. The lowest BCUT2D eigenvalue weighted by atomic mass is 9.67. The molecule has 2 fully saturated rings. The van der Waals surface area contributed by atoms with Crippen molar-refractivity contribution >= 4 is 5.91 Å². The van der Waals surface area contributed by atoms with Crippen LogP contribution >= 0.6 is 0 Å². The molecule has 3 nitrogen and oxygen atoms in total. The van der Waals surface area contributed by atoms with Gasteiger partial charge in [0.15, 0.2) is 0 Å². The van der Waals surface area contributed by atoms with Gasteiger partial charge in [0.05, 0.1) is 0 Å². The van der Waals surface area contributed by atoms with Crippen LogP contribution in [-0.2, 0) is 4.79 Å². The van der Waals surface area contributed by atoms with Crippen LogP contribution in [0.25, 0.3) is 0 Å². The van der Waals surface area contributed by atoms with E-state index in [1.54, 1.807) is 0 Å². The maximum absolute atomic E-state index is 12.4. The van der Waals surface area contributed by atoms with Gasteiger partial charge in [-0.2, -0.15) is 0 Å². The van der Waals surface area contributed by atoms with E-state index in [9.17, 15) is 4.79 Å². The van der Waals surface area contributed by atoms with E-state index in [1.807, 2.05) is 12.2 Å². The SMILES string of the molecule is O=C(N[C@@H]1C=C[C@H](CO)C1)C1CCC2CCCCC2C1. The van der Waals surface area contributed by atoms with Gasteiger partial charge in [-0.3, -0.25) is 4.79 Å². The van der Waals surface area contributed by atoms with E-state index >= 15 is 0 Å². The number of fused-ring (bicyclic) bond motifs is 1. The molecule has 3 heteroatoms. The van der Waals surface area contributed by atoms with Gasteiger partial charge in [-0.25, -0.2) is 0 Å². The topological polar surface area (TPSA) is 49.3 Å². The average molecular weight is 277 g/mol. The first-order chi connectivity index (χ1) is 9.76. The fraction of sp³-hybridized carbons (Fsp3) is 0.824. The zero-order valence-corrected chi connectivity index (χ0v) is 12.3. The molecule has 0 spiro atoms. The van der Waals surface area contributed by atoms with Crippen LogP contribution in [0.2, 0.25) is 0 Å². The standard InChI is InChI=1S/C17H27NO2/c19-11-12-5-8-16(9-12)18-17(20)15-7-6-13-3-1-2-4-14(13)10-15/h5,8,12-16,19H,1-4,6-7,9-11H2,(H,18,20)/t12-,13?,14?,15?,16+/m0/s1. The Labute approximate surface area is 121 Å². The second-order valence-corrected chi connectivity index (χ2v) is 6.99. The Kier molecular flexibility index (Phi) is 4.45. The number of aliphatic hydroxyl groups excluding tert-OH is 1. The Morgan fingerprint density at radius 3 is 2.60 bits per heavy atom. The quantitative estimate of drug-likeness (QED) is 0.779. The number of hydrogen-bond donors (Lipinski definition) is 2. The zero-order chi connectivity index (χ0) is 13.9. The van der Waals surface area contributed by atoms with Gasteiger partial charge >= 0.3 is 0 Å². The summed E-state index contributed by atoms with van der Waals surface area (Å²) in [6.07, 6.45) is 13.9. The third kappa shape index (κ3) is 3.08. The fourth-order valence-electron chi connectivity index (χ4n) is 4.43. The summed E-state index contributed by atoms with van der Waals surface area (Å²) in [5.41, 5.74) is 0. The third-order valence-electron chi connectivity index (χ3n) is 5.64. The molecule has 20 heavy (non-hydrogen) atoms. The van der Waals surface area contributed by atoms with Gasteiger partial charge in [-0.1, -0.05) is 37.8 Å². The summed E-state index contributed by atoms with van der Waals surface area (Å²) in [7, 11) is 0. The lowest BCUT2D eigenvalue weighted by Gasteiger charge is -2.39. The van der Waals surface area contributed by atoms with Crippen molar-refractivity contribution in [2.75, 3.05) is 6.61 Å². The van der Waals surface area contributed by atoms with Crippen molar-refractivity contribution in [3.05, 3.63) is 12.2 Å². The number of rotatable bonds is 3. The van der Waals surface area contributed by atoms with E-state index in [0.29, 0.717) is 0 Å². The van der Waals surface area contributed by atoms with Gasteiger partial charge in [-0.15, -0.1) is 0 Å². The highest BCUT2D eigenvalue weighted by atomic mass is 16.3. The number of hydrogen-bond acceptors (Lipinski definition) is 2. The maximum atomic E-state index is 12.4. The van der Waals surface area contributed by atoms with Crippen molar-refractivity contribution in [3.8, 4) is 0 Å². The van der Waals surface area contributed by atoms with Gasteiger partial charge in [0.2, 0.25) is 5.91 Å². The van der Waals surface area contributed by atoms with Crippen LogP contribution < -0.4 is 5.32 Å². The molecule has 0 radical (unpaired) electrons. The van der Waals surface area contributed by atoms with Crippen LogP contribution in [0.15, 0.2) is 12.2 Å². The maximum Gasteiger partial charge on any atom is 0.223 e. The zero-order valence-electron chi connectivity index (χ0n) is 12.3. The molecule has 0 aromatic heterocycles. The monoisotopic (exact) mass is 277 g/mol. The van der Waals surface area contributed by atoms with Gasteiger partial charge in [0.1, 0.15) is 0 Å². The molecule has 2 N–H and O–H groups in total.